The maximum Gasteiger partial charge on any atom is 0.234 e. The Morgan fingerprint density at radius 2 is 2.24 bits per heavy atom. The molecule has 0 saturated heterocycles. The van der Waals surface area contributed by atoms with Crippen LogP contribution in [0, 0.1) is 5.82 Å². The third kappa shape index (κ3) is 2.42. The summed E-state index contributed by atoms with van der Waals surface area (Å²) in [5, 5.41) is 4.01. The number of benzene rings is 1. The maximum absolute atomic E-state index is 13.9. The number of carbonyl (C=O) groups excluding carboxylic acids is 1. The highest BCUT2D eigenvalue weighted by atomic mass is 19.1. The lowest BCUT2D eigenvalue weighted by atomic mass is 10.00. The van der Waals surface area contributed by atoms with Crippen LogP contribution < -0.4 is 5.73 Å². The summed E-state index contributed by atoms with van der Waals surface area (Å²) in [6.45, 7) is 2.92. The molecule has 0 spiro atoms. The number of rotatable bonds is 3. The fraction of sp³-hybridized carbons (Fsp3) is 0.333. The monoisotopic (exact) mass is 289 g/mol. The van der Waals surface area contributed by atoms with Crippen molar-refractivity contribution in [1.82, 2.24) is 10.1 Å². The molecule has 2 N–H and O–H groups in total. The van der Waals surface area contributed by atoms with E-state index >= 15 is 0 Å². The second-order valence-corrected chi connectivity index (χ2v) is 5.21. The number of nitrogens with zero attached hydrogens (tertiary/aromatic N) is 2. The molecule has 1 aromatic carbocycles. The average Bonchev–Trinajstić information content (AvgIpc) is 2.89. The highest BCUT2D eigenvalue weighted by Crippen LogP contribution is 2.31. The van der Waals surface area contributed by atoms with E-state index in [0.29, 0.717) is 30.8 Å². The number of aromatic nitrogens is 1. The molecule has 21 heavy (non-hydrogen) atoms. The molecule has 5 nitrogen and oxygen atoms in total. The normalized spacial score (nSPS) is 16.5. The first-order valence-corrected chi connectivity index (χ1v) is 6.83. The predicted octanol–water partition coefficient (Wildman–Crippen LogP) is 1.71. The van der Waals surface area contributed by atoms with Crippen LogP contribution >= 0.6 is 0 Å². The van der Waals surface area contributed by atoms with Gasteiger partial charge >= 0.3 is 0 Å². The average molecular weight is 289 g/mol. The van der Waals surface area contributed by atoms with E-state index in [-0.39, 0.29) is 17.8 Å². The Kier molecular flexibility index (Phi) is 3.47. The first-order chi connectivity index (χ1) is 10.1. The minimum atomic E-state index is -0.374. The second-order valence-electron chi connectivity index (χ2n) is 5.21. The topological polar surface area (TPSA) is 72.4 Å². The number of halogens is 1. The van der Waals surface area contributed by atoms with Crippen molar-refractivity contribution in [2.45, 2.75) is 25.9 Å². The van der Waals surface area contributed by atoms with Crippen LogP contribution in [-0.2, 0) is 17.8 Å². The number of nitrogens with two attached hydrogens (primary N) is 1. The fourth-order valence-corrected chi connectivity index (χ4v) is 2.61. The van der Waals surface area contributed by atoms with Crippen molar-refractivity contribution in [3.8, 4) is 11.3 Å². The Labute approximate surface area is 121 Å². The second kappa shape index (κ2) is 5.29. The van der Waals surface area contributed by atoms with Crippen molar-refractivity contribution in [3.63, 3.8) is 0 Å². The quantitative estimate of drug-likeness (QED) is 0.933. The molecule has 1 aromatic heterocycles. The van der Waals surface area contributed by atoms with Gasteiger partial charge in [-0.3, -0.25) is 9.69 Å². The van der Waals surface area contributed by atoms with E-state index in [0.717, 1.165) is 11.3 Å². The molecule has 1 aliphatic heterocycles. The molecule has 6 heteroatoms. The van der Waals surface area contributed by atoms with Crippen molar-refractivity contribution >= 4 is 5.91 Å². The van der Waals surface area contributed by atoms with Gasteiger partial charge < -0.3 is 10.3 Å². The summed E-state index contributed by atoms with van der Waals surface area (Å²) < 4.78 is 19.3. The van der Waals surface area contributed by atoms with Crippen LogP contribution in [0.3, 0.4) is 0 Å². The standard InChI is InChI=1S/C15H16FN3O2/c1-9(15(17)20)19-7-6-13-11(8-19)14(18-21-13)10-4-2-3-5-12(10)16/h2-5,9H,6-8H2,1H3,(H2,17,20)/t9-/m1/s1. The summed E-state index contributed by atoms with van der Waals surface area (Å²) in [4.78, 5) is 13.3. The van der Waals surface area contributed by atoms with Gasteiger partial charge in [0.05, 0.1) is 6.04 Å². The zero-order valence-electron chi connectivity index (χ0n) is 11.7. The Morgan fingerprint density at radius 1 is 1.48 bits per heavy atom. The number of hydrogen-bond acceptors (Lipinski definition) is 4. The Morgan fingerprint density at radius 3 is 2.95 bits per heavy atom. The summed E-state index contributed by atoms with van der Waals surface area (Å²) in [7, 11) is 0. The maximum atomic E-state index is 13.9. The van der Waals surface area contributed by atoms with Gasteiger partial charge in [0.15, 0.2) is 0 Å². The Bertz CT molecular complexity index is 683. The SMILES string of the molecule is C[C@H](C(N)=O)N1CCc2onc(-c3ccccc3F)c2C1. The van der Waals surface area contributed by atoms with E-state index in [1.54, 1.807) is 25.1 Å². The fourth-order valence-electron chi connectivity index (χ4n) is 2.61. The molecule has 3 rings (SSSR count). The summed E-state index contributed by atoms with van der Waals surface area (Å²) in [5.41, 5.74) is 7.11. The lowest BCUT2D eigenvalue weighted by Gasteiger charge is -2.29. The number of carbonyl (C=O) groups is 1. The Balaban J connectivity index is 1.97. The van der Waals surface area contributed by atoms with Crippen molar-refractivity contribution in [3.05, 3.63) is 41.4 Å². The molecule has 0 unspecified atom stereocenters. The van der Waals surface area contributed by atoms with Crippen molar-refractivity contribution in [2.75, 3.05) is 6.54 Å². The summed E-state index contributed by atoms with van der Waals surface area (Å²) in [6.07, 6.45) is 0.633. The van der Waals surface area contributed by atoms with Gasteiger partial charge in [0.25, 0.3) is 0 Å². The van der Waals surface area contributed by atoms with E-state index < -0.39 is 0 Å². The molecule has 1 amide bonds. The van der Waals surface area contributed by atoms with Gasteiger partial charge in [0, 0.05) is 30.6 Å². The molecular formula is C15H16FN3O2. The van der Waals surface area contributed by atoms with Crippen LogP contribution in [0.4, 0.5) is 4.39 Å². The molecule has 0 bridgehead atoms. The molecule has 0 saturated carbocycles. The van der Waals surface area contributed by atoms with Crippen LogP contribution in [0.25, 0.3) is 11.3 Å². The van der Waals surface area contributed by atoms with E-state index in [1.165, 1.54) is 6.07 Å². The van der Waals surface area contributed by atoms with Gasteiger partial charge in [-0.05, 0) is 19.1 Å². The molecule has 2 heterocycles. The van der Waals surface area contributed by atoms with Gasteiger partial charge in [-0.15, -0.1) is 0 Å². The van der Waals surface area contributed by atoms with E-state index in [9.17, 15) is 9.18 Å². The largest absolute Gasteiger partial charge is 0.368 e. The molecule has 110 valence electrons. The lowest BCUT2D eigenvalue weighted by molar-refractivity contribution is -0.123. The smallest absolute Gasteiger partial charge is 0.234 e. The van der Waals surface area contributed by atoms with Crippen molar-refractivity contribution < 1.29 is 13.7 Å². The van der Waals surface area contributed by atoms with Crippen LogP contribution in [0.1, 0.15) is 18.2 Å². The number of primary amides is 1. The third-order valence-corrected chi connectivity index (χ3v) is 3.95. The van der Waals surface area contributed by atoms with Gasteiger partial charge in [-0.25, -0.2) is 4.39 Å². The van der Waals surface area contributed by atoms with Gasteiger partial charge in [-0.1, -0.05) is 17.3 Å². The Hall–Kier alpha value is -2.21. The summed E-state index contributed by atoms with van der Waals surface area (Å²) >= 11 is 0. The lowest BCUT2D eigenvalue weighted by Crippen LogP contribution is -2.44. The highest BCUT2D eigenvalue weighted by Gasteiger charge is 2.29. The molecule has 0 fully saturated rings. The molecule has 1 atom stereocenters. The molecule has 0 aliphatic carbocycles. The number of fused-ring (bicyclic) bond motifs is 1. The molecular weight excluding hydrogens is 273 g/mol. The molecule has 0 radical (unpaired) electrons. The van der Waals surface area contributed by atoms with Gasteiger partial charge in [0.1, 0.15) is 17.3 Å². The van der Waals surface area contributed by atoms with Crippen molar-refractivity contribution in [2.24, 2.45) is 5.73 Å². The molecule has 1 aliphatic rings. The minimum Gasteiger partial charge on any atom is -0.368 e. The number of hydrogen-bond donors (Lipinski definition) is 1. The van der Waals surface area contributed by atoms with E-state index in [1.807, 2.05) is 4.90 Å². The van der Waals surface area contributed by atoms with Crippen LogP contribution in [0.15, 0.2) is 28.8 Å². The van der Waals surface area contributed by atoms with Crippen LogP contribution in [0.2, 0.25) is 0 Å². The van der Waals surface area contributed by atoms with Gasteiger partial charge in [-0.2, -0.15) is 0 Å². The molecule has 2 aromatic rings. The predicted molar refractivity (Wildman–Crippen MR) is 74.7 cm³/mol. The third-order valence-electron chi connectivity index (χ3n) is 3.95. The number of amides is 1. The zero-order valence-corrected chi connectivity index (χ0v) is 11.7. The van der Waals surface area contributed by atoms with E-state index in [2.05, 4.69) is 5.16 Å². The highest BCUT2D eigenvalue weighted by molar-refractivity contribution is 5.79. The first-order valence-electron chi connectivity index (χ1n) is 6.83. The zero-order chi connectivity index (χ0) is 15.0. The summed E-state index contributed by atoms with van der Waals surface area (Å²) in [5.74, 6) is 0.0391. The van der Waals surface area contributed by atoms with Crippen LogP contribution in [-0.4, -0.2) is 28.6 Å². The minimum absolute atomic E-state index is 0.339. The van der Waals surface area contributed by atoms with E-state index in [4.69, 9.17) is 10.3 Å². The first kappa shape index (κ1) is 13.8. The van der Waals surface area contributed by atoms with Gasteiger partial charge in [0.2, 0.25) is 5.91 Å². The summed E-state index contributed by atoms with van der Waals surface area (Å²) in [6, 6.07) is 6.08. The van der Waals surface area contributed by atoms with Crippen LogP contribution in [0.5, 0.6) is 0 Å². The van der Waals surface area contributed by atoms with Crippen molar-refractivity contribution in [1.29, 1.82) is 0 Å².